The van der Waals surface area contributed by atoms with Gasteiger partial charge in [-0.2, -0.15) is 0 Å². The van der Waals surface area contributed by atoms with Gasteiger partial charge in [-0.05, 0) is 13.0 Å². The molecule has 9 heteroatoms. The minimum atomic E-state index is -1.23. The zero-order valence-corrected chi connectivity index (χ0v) is 12.3. The molecule has 1 aromatic carbocycles. The van der Waals surface area contributed by atoms with Crippen LogP contribution in [0.1, 0.15) is 15.9 Å². The molecule has 0 saturated heterocycles. The van der Waals surface area contributed by atoms with Gasteiger partial charge in [0, 0.05) is 18.7 Å². The Balaban J connectivity index is 3.01. The van der Waals surface area contributed by atoms with E-state index in [0.29, 0.717) is 5.56 Å². The van der Waals surface area contributed by atoms with Crippen molar-refractivity contribution in [1.82, 2.24) is 5.32 Å². The zero-order valence-electron chi connectivity index (χ0n) is 12.3. The summed E-state index contributed by atoms with van der Waals surface area (Å²) in [5, 5.41) is 22.1. The molecule has 120 valence electrons. The lowest BCUT2D eigenvalue weighted by Gasteiger charge is -2.12. The Morgan fingerprint density at radius 2 is 2.05 bits per heavy atom. The maximum Gasteiger partial charge on any atom is 0.334 e. The molecule has 1 rings (SSSR count). The van der Waals surface area contributed by atoms with Crippen molar-refractivity contribution in [2.45, 2.75) is 13.0 Å². The maximum absolute atomic E-state index is 12.0. The summed E-state index contributed by atoms with van der Waals surface area (Å²) in [4.78, 5) is 33.2. The highest BCUT2D eigenvalue weighted by Crippen LogP contribution is 2.29. The van der Waals surface area contributed by atoms with Crippen LogP contribution in [0.25, 0.3) is 0 Å². The van der Waals surface area contributed by atoms with Crippen LogP contribution in [0.5, 0.6) is 5.75 Å². The smallest absolute Gasteiger partial charge is 0.334 e. The zero-order chi connectivity index (χ0) is 16.9. The maximum atomic E-state index is 12.0. The van der Waals surface area contributed by atoms with E-state index in [2.05, 4.69) is 10.1 Å². The molecule has 22 heavy (non-hydrogen) atoms. The number of ether oxygens (including phenoxy) is 2. The van der Waals surface area contributed by atoms with E-state index in [4.69, 9.17) is 9.84 Å². The summed E-state index contributed by atoms with van der Waals surface area (Å²) in [6, 6.07) is 2.45. The first-order chi connectivity index (χ1) is 10.3. The molecule has 1 unspecified atom stereocenters. The van der Waals surface area contributed by atoms with Gasteiger partial charge in [0.25, 0.3) is 11.6 Å². The van der Waals surface area contributed by atoms with Crippen LogP contribution < -0.4 is 10.1 Å². The van der Waals surface area contributed by atoms with Crippen LogP contribution in [0.15, 0.2) is 12.1 Å². The molecular weight excluding hydrogens is 296 g/mol. The number of aliphatic carboxylic acids is 1. The van der Waals surface area contributed by atoms with E-state index in [9.17, 15) is 19.7 Å². The lowest BCUT2D eigenvalue weighted by atomic mass is 10.1. The molecule has 0 saturated carbocycles. The number of hydrogen-bond donors (Lipinski definition) is 2. The van der Waals surface area contributed by atoms with Crippen molar-refractivity contribution >= 4 is 17.6 Å². The van der Waals surface area contributed by atoms with Crippen LogP contribution in [-0.2, 0) is 9.53 Å². The van der Waals surface area contributed by atoms with Gasteiger partial charge in [0.05, 0.1) is 24.1 Å². The molecule has 1 atom stereocenters. The molecule has 0 aromatic heterocycles. The number of hydrogen-bond acceptors (Lipinski definition) is 6. The number of rotatable bonds is 7. The Bertz CT molecular complexity index is 600. The molecule has 1 aromatic rings. The first-order valence-corrected chi connectivity index (χ1v) is 6.18. The van der Waals surface area contributed by atoms with Gasteiger partial charge in [-0.25, -0.2) is 4.79 Å². The van der Waals surface area contributed by atoms with E-state index in [1.54, 1.807) is 0 Å². The minimum Gasteiger partial charge on any atom is -0.496 e. The molecular formula is C13H16N2O7. The van der Waals surface area contributed by atoms with E-state index in [0.717, 1.165) is 6.07 Å². The molecule has 0 aliphatic carbocycles. The van der Waals surface area contributed by atoms with Gasteiger partial charge in [-0.15, -0.1) is 0 Å². The Morgan fingerprint density at radius 1 is 1.41 bits per heavy atom. The van der Waals surface area contributed by atoms with Gasteiger partial charge in [-0.3, -0.25) is 14.9 Å². The van der Waals surface area contributed by atoms with E-state index >= 15 is 0 Å². The molecule has 0 bridgehead atoms. The van der Waals surface area contributed by atoms with E-state index < -0.39 is 22.9 Å². The number of amides is 1. The minimum absolute atomic E-state index is 0.00519. The van der Waals surface area contributed by atoms with Gasteiger partial charge in [0.15, 0.2) is 6.10 Å². The second kappa shape index (κ2) is 7.36. The van der Waals surface area contributed by atoms with Crippen LogP contribution in [0.3, 0.4) is 0 Å². The molecule has 0 aliphatic heterocycles. The molecule has 0 aliphatic rings. The predicted octanol–water partition coefficient (Wildman–Crippen LogP) is 0.741. The van der Waals surface area contributed by atoms with Crippen molar-refractivity contribution in [3.8, 4) is 5.75 Å². The lowest BCUT2D eigenvalue weighted by Crippen LogP contribution is -2.37. The third-order valence-corrected chi connectivity index (χ3v) is 3.02. The number of nitrogens with zero attached hydrogens (tertiary/aromatic N) is 1. The number of carbonyl (C=O) groups excluding carboxylic acids is 1. The van der Waals surface area contributed by atoms with Gasteiger partial charge < -0.3 is 19.9 Å². The van der Waals surface area contributed by atoms with E-state index in [-0.39, 0.29) is 23.5 Å². The van der Waals surface area contributed by atoms with Crippen LogP contribution in [0.4, 0.5) is 5.69 Å². The number of nitrogens with one attached hydrogen (secondary N) is 1. The highest BCUT2D eigenvalue weighted by Gasteiger charge is 2.22. The van der Waals surface area contributed by atoms with Crippen molar-refractivity contribution in [3.05, 3.63) is 33.4 Å². The second-order valence-corrected chi connectivity index (χ2v) is 4.35. The largest absolute Gasteiger partial charge is 0.496 e. The highest BCUT2D eigenvalue weighted by molar-refractivity contribution is 5.96. The Hall–Kier alpha value is -2.68. The number of nitro benzene ring substituents is 1. The molecule has 2 N–H and O–H groups in total. The highest BCUT2D eigenvalue weighted by atomic mass is 16.6. The van der Waals surface area contributed by atoms with Crippen molar-refractivity contribution in [3.63, 3.8) is 0 Å². The summed E-state index contributed by atoms with van der Waals surface area (Å²) in [5.74, 6) is -1.69. The van der Waals surface area contributed by atoms with Gasteiger partial charge in [-0.1, -0.05) is 0 Å². The van der Waals surface area contributed by atoms with Crippen LogP contribution in [0.2, 0.25) is 0 Å². The Labute approximate surface area is 126 Å². The molecule has 0 spiro atoms. The van der Waals surface area contributed by atoms with Crippen LogP contribution in [0, 0.1) is 17.0 Å². The van der Waals surface area contributed by atoms with Crippen molar-refractivity contribution in [2.75, 3.05) is 20.8 Å². The summed E-state index contributed by atoms with van der Waals surface area (Å²) in [5.41, 5.74) is 0.0322. The van der Waals surface area contributed by atoms with Gasteiger partial charge >= 0.3 is 5.97 Å². The fourth-order valence-electron chi connectivity index (χ4n) is 1.76. The molecule has 0 radical (unpaired) electrons. The van der Waals surface area contributed by atoms with E-state index in [1.807, 2.05) is 0 Å². The Morgan fingerprint density at radius 3 is 2.50 bits per heavy atom. The first kappa shape index (κ1) is 17.4. The number of benzene rings is 1. The van der Waals surface area contributed by atoms with E-state index in [1.165, 1.54) is 27.2 Å². The third kappa shape index (κ3) is 3.92. The third-order valence-electron chi connectivity index (χ3n) is 3.02. The summed E-state index contributed by atoms with van der Waals surface area (Å²) < 4.78 is 9.69. The summed E-state index contributed by atoms with van der Waals surface area (Å²) in [6.45, 7) is 1.23. The number of carbonyl (C=O) groups is 2. The average molecular weight is 312 g/mol. The van der Waals surface area contributed by atoms with Crippen LogP contribution in [-0.4, -0.2) is 48.8 Å². The normalized spacial score (nSPS) is 11.6. The summed E-state index contributed by atoms with van der Waals surface area (Å²) in [7, 11) is 2.53. The van der Waals surface area contributed by atoms with Crippen molar-refractivity contribution in [1.29, 1.82) is 0 Å². The Kier molecular flexibility index (Phi) is 5.81. The van der Waals surface area contributed by atoms with Crippen molar-refractivity contribution < 1.29 is 29.1 Å². The molecule has 1 amide bonds. The standard InChI is InChI=1S/C13H16N2O7/c1-7-9(15(19)20)4-8(5-10(7)21-2)12(16)14-6-11(22-3)13(17)18/h4-5,11H,6H2,1-3H3,(H,14,16)(H,17,18). The van der Waals surface area contributed by atoms with Crippen LogP contribution >= 0.6 is 0 Å². The summed E-state index contributed by atoms with van der Waals surface area (Å²) in [6.07, 6.45) is -1.20. The quantitative estimate of drug-likeness (QED) is 0.561. The second-order valence-electron chi connectivity index (χ2n) is 4.35. The molecule has 0 heterocycles. The lowest BCUT2D eigenvalue weighted by molar-refractivity contribution is -0.385. The number of carboxylic acids is 1. The molecule has 9 nitrogen and oxygen atoms in total. The number of carboxylic acid groups (broad SMARTS) is 1. The van der Waals surface area contributed by atoms with Crippen molar-refractivity contribution in [2.24, 2.45) is 0 Å². The SMILES string of the molecule is COc1cc(C(=O)NCC(OC)C(=O)O)cc([N+](=O)[O-])c1C. The predicted molar refractivity (Wildman–Crippen MR) is 75.2 cm³/mol. The monoisotopic (exact) mass is 312 g/mol. The fraction of sp³-hybridized carbons (Fsp3) is 0.385. The first-order valence-electron chi connectivity index (χ1n) is 6.18. The average Bonchev–Trinajstić information content (AvgIpc) is 2.47. The number of nitro groups is 1. The number of methoxy groups -OCH3 is 2. The topological polar surface area (TPSA) is 128 Å². The molecule has 0 fully saturated rings. The fourth-order valence-corrected chi connectivity index (χ4v) is 1.76. The summed E-state index contributed by atoms with van der Waals surface area (Å²) >= 11 is 0. The van der Waals surface area contributed by atoms with Gasteiger partial charge in [0.1, 0.15) is 5.75 Å². The van der Waals surface area contributed by atoms with Gasteiger partial charge in [0.2, 0.25) is 0 Å².